The van der Waals surface area contributed by atoms with Crippen molar-refractivity contribution in [2.75, 3.05) is 6.54 Å². The molecule has 7 heteroatoms. The lowest BCUT2D eigenvalue weighted by molar-refractivity contribution is -0.185. The molecule has 1 saturated carbocycles. The molecule has 0 radical (unpaired) electrons. The van der Waals surface area contributed by atoms with Gasteiger partial charge in [0.1, 0.15) is 5.54 Å². The van der Waals surface area contributed by atoms with E-state index in [4.69, 9.17) is 0 Å². The Labute approximate surface area is 121 Å². The van der Waals surface area contributed by atoms with E-state index in [0.717, 1.165) is 0 Å². The lowest BCUT2D eigenvalue weighted by Gasteiger charge is -2.36. The van der Waals surface area contributed by atoms with E-state index in [1.165, 1.54) is 11.8 Å². The van der Waals surface area contributed by atoms with Crippen LogP contribution in [0.15, 0.2) is 0 Å². The van der Waals surface area contributed by atoms with Crippen molar-refractivity contribution in [1.29, 1.82) is 0 Å². The third-order valence-corrected chi connectivity index (χ3v) is 4.91. The van der Waals surface area contributed by atoms with E-state index in [1.54, 1.807) is 0 Å². The summed E-state index contributed by atoms with van der Waals surface area (Å²) in [4.78, 5) is 25.2. The van der Waals surface area contributed by atoms with Crippen molar-refractivity contribution < 1.29 is 27.9 Å². The zero-order valence-corrected chi connectivity index (χ0v) is 11.9. The van der Waals surface area contributed by atoms with E-state index >= 15 is 0 Å². The Morgan fingerprint density at radius 2 is 1.76 bits per heavy atom. The lowest BCUT2D eigenvalue weighted by atomic mass is 9.80. The maximum atomic E-state index is 12.6. The van der Waals surface area contributed by atoms with Crippen molar-refractivity contribution in [3.05, 3.63) is 0 Å². The molecule has 1 amide bonds. The third kappa shape index (κ3) is 3.01. The molecule has 1 atom stereocenters. The molecule has 4 nitrogen and oxygen atoms in total. The number of hydrogen-bond donors (Lipinski definition) is 1. The van der Waals surface area contributed by atoms with Gasteiger partial charge in [0.05, 0.1) is 5.92 Å². The third-order valence-electron chi connectivity index (χ3n) is 4.91. The minimum Gasteiger partial charge on any atom is -0.480 e. The number of hydrogen-bond acceptors (Lipinski definition) is 2. The number of nitrogens with zero attached hydrogens (tertiary/aromatic N) is 1. The predicted molar refractivity (Wildman–Crippen MR) is 68.5 cm³/mol. The zero-order chi connectivity index (χ0) is 15.8. The number of halogens is 3. The highest BCUT2D eigenvalue weighted by atomic mass is 19.4. The van der Waals surface area contributed by atoms with Crippen LogP contribution in [0.4, 0.5) is 13.2 Å². The topological polar surface area (TPSA) is 57.6 Å². The summed E-state index contributed by atoms with van der Waals surface area (Å²) in [6.45, 7) is 1.89. The Kier molecular flexibility index (Phi) is 4.22. The summed E-state index contributed by atoms with van der Waals surface area (Å²) in [6.07, 6.45) is -2.89. The zero-order valence-electron chi connectivity index (χ0n) is 11.9. The van der Waals surface area contributed by atoms with Crippen LogP contribution in [-0.2, 0) is 9.59 Å². The number of carboxylic acids is 1. The van der Waals surface area contributed by atoms with E-state index in [0.29, 0.717) is 19.4 Å². The van der Waals surface area contributed by atoms with E-state index in [-0.39, 0.29) is 31.6 Å². The average Bonchev–Trinajstić information content (AvgIpc) is 2.80. The van der Waals surface area contributed by atoms with Gasteiger partial charge in [0.2, 0.25) is 5.91 Å². The summed E-state index contributed by atoms with van der Waals surface area (Å²) >= 11 is 0. The Morgan fingerprint density at radius 3 is 2.24 bits per heavy atom. The van der Waals surface area contributed by atoms with Crippen molar-refractivity contribution in [2.45, 2.75) is 57.2 Å². The van der Waals surface area contributed by atoms with Crippen molar-refractivity contribution in [1.82, 2.24) is 4.90 Å². The fourth-order valence-electron chi connectivity index (χ4n) is 3.43. The molecule has 2 aliphatic rings. The number of rotatable bonds is 2. The number of amides is 1. The fraction of sp³-hybridized carbons (Fsp3) is 0.857. The highest BCUT2D eigenvalue weighted by molar-refractivity contribution is 5.88. The number of carboxylic acid groups (broad SMARTS) is 1. The second kappa shape index (κ2) is 5.50. The summed E-state index contributed by atoms with van der Waals surface area (Å²) in [5.74, 6) is -3.14. The first-order valence-corrected chi connectivity index (χ1v) is 7.28. The standard InChI is InChI=1S/C14H20F3NO3/c1-13(12(20)21)7-2-8-18(13)11(19)9-3-5-10(6-4-9)14(15,16)17/h9-10H,2-8H2,1H3,(H,20,21). The SMILES string of the molecule is CC1(C(=O)O)CCCN1C(=O)C1CCC(C(F)(F)F)CC1. The van der Waals surface area contributed by atoms with Crippen molar-refractivity contribution in [3.63, 3.8) is 0 Å². The number of carbonyl (C=O) groups excluding carboxylic acids is 1. The molecule has 1 unspecified atom stereocenters. The molecule has 1 saturated heterocycles. The van der Waals surface area contributed by atoms with Crippen LogP contribution in [-0.4, -0.2) is 40.1 Å². The van der Waals surface area contributed by atoms with Gasteiger partial charge < -0.3 is 10.0 Å². The number of aliphatic carboxylic acids is 1. The van der Waals surface area contributed by atoms with Gasteiger partial charge in [-0.05, 0) is 45.4 Å². The van der Waals surface area contributed by atoms with Gasteiger partial charge >= 0.3 is 12.1 Å². The average molecular weight is 307 g/mol. The molecular formula is C14H20F3NO3. The molecule has 1 heterocycles. The second-order valence-corrected chi connectivity index (χ2v) is 6.26. The quantitative estimate of drug-likeness (QED) is 0.853. The smallest absolute Gasteiger partial charge is 0.391 e. The molecule has 21 heavy (non-hydrogen) atoms. The molecule has 0 aromatic rings. The molecule has 120 valence electrons. The molecule has 0 bridgehead atoms. The number of carbonyl (C=O) groups is 2. The molecule has 1 aliphatic carbocycles. The Balaban J connectivity index is 2.01. The van der Waals surface area contributed by atoms with Crippen LogP contribution in [0.5, 0.6) is 0 Å². The summed E-state index contributed by atoms with van der Waals surface area (Å²) in [6, 6.07) is 0. The first-order valence-electron chi connectivity index (χ1n) is 7.28. The summed E-state index contributed by atoms with van der Waals surface area (Å²) < 4.78 is 37.9. The minimum atomic E-state index is -4.20. The van der Waals surface area contributed by atoms with Crippen LogP contribution in [0.25, 0.3) is 0 Å². The van der Waals surface area contributed by atoms with Crippen LogP contribution in [0, 0.1) is 11.8 Å². The van der Waals surface area contributed by atoms with E-state index in [9.17, 15) is 27.9 Å². The Hall–Kier alpha value is -1.27. The predicted octanol–water partition coefficient (Wildman–Crippen LogP) is 2.82. The molecule has 1 N–H and O–H groups in total. The molecule has 0 aromatic carbocycles. The monoisotopic (exact) mass is 307 g/mol. The van der Waals surface area contributed by atoms with Gasteiger partial charge in [0.25, 0.3) is 0 Å². The fourth-order valence-corrected chi connectivity index (χ4v) is 3.43. The van der Waals surface area contributed by atoms with Crippen LogP contribution < -0.4 is 0 Å². The summed E-state index contributed by atoms with van der Waals surface area (Å²) in [5.41, 5.74) is -1.21. The maximum Gasteiger partial charge on any atom is 0.391 e. The maximum absolute atomic E-state index is 12.6. The largest absolute Gasteiger partial charge is 0.480 e. The first kappa shape index (κ1) is 16.1. The normalized spacial score (nSPS) is 34.0. The van der Waals surface area contributed by atoms with Gasteiger partial charge in [-0.2, -0.15) is 13.2 Å². The van der Waals surface area contributed by atoms with Crippen molar-refractivity contribution in [2.24, 2.45) is 11.8 Å². The molecule has 1 aliphatic heterocycles. The van der Waals surface area contributed by atoms with Gasteiger partial charge in [-0.1, -0.05) is 0 Å². The summed E-state index contributed by atoms with van der Waals surface area (Å²) in [5, 5.41) is 9.30. The van der Waals surface area contributed by atoms with Crippen molar-refractivity contribution in [3.8, 4) is 0 Å². The van der Waals surface area contributed by atoms with Gasteiger partial charge in [-0.3, -0.25) is 4.79 Å². The van der Waals surface area contributed by atoms with Crippen LogP contribution in [0.2, 0.25) is 0 Å². The first-order chi connectivity index (χ1) is 9.66. The Morgan fingerprint density at radius 1 is 1.19 bits per heavy atom. The number of alkyl halides is 3. The van der Waals surface area contributed by atoms with Crippen LogP contribution in [0.1, 0.15) is 45.4 Å². The van der Waals surface area contributed by atoms with Crippen LogP contribution in [0.3, 0.4) is 0 Å². The van der Waals surface area contributed by atoms with Crippen LogP contribution >= 0.6 is 0 Å². The number of likely N-dealkylation sites (tertiary alicyclic amines) is 1. The van der Waals surface area contributed by atoms with Gasteiger partial charge in [-0.25, -0.2) is 4.79 Å². The molecule has 0 aromatic heterocycles. The van der Waals surface area contributed by atoms with E-state index < -0.39 is 29.5 Å². The molecule has 2 rings (SSSR count). The lowest BCUT2D eigenvalue weighted by Crippen LogP contribution is -2.53. The highest BCUT2D eigenvalue weighted by Crippen LogP contribution is 2.41. The van der Waals surface area contributed by atoms with Gasteiger partial charge in [-0.15, -0.1) is 0 Å². The minimum absolute atomic E-state index is 0.0441. The Bertz CT molecular complexity index is 430. The molecular weight excluding hydrogens is 287 g/mol. The van der Waals surface area contributed by atoms with Gasteiger partial charge in [0, 0.05) is 12.5 Å². The van der Waals surface area contributed by atoms with Crippen molar-refractivity contribution >= 4 is 11.9 Å². The molecule has 2 fully saturated rings. The van der Waals surface area contributed by atoms with Gasteiger partial charge in [0.15, 0.2) is 0 Å². The van der Waals surface area contributed by atoms with E-state index in [2.05, 4.69) is 0 Å². The highest BCUT2D eigenvalue weighted by Gasteiger charge is 2.49. The second-order valence-electron chi connectivity index (χ2n) is 6.26. The van der Waals surface area contributed by atoms with E-state index in [1.807, 2.05) is 0 Å². The molecule has 0 spiro atoms. The summed E-state index contributed by atoms with van der Waals surface area (Å²) in [7, 11) is 0.